The van der Waals surface area contributed by atoms with Crippen LogP contribution < -0.4 is 10.6 Å². The number of nitrogens with one attached hydrogen (secondary N) is 2. The number of hydrogen-bond acceptors (Lipinski definition) is 6. The molecule has 0 bridgehead atoms. The zero-order valence-corrected chi connectivity index (χ0v) is 13.7. The van der Waals surface area contributed by atoms with Crippen molar-refractivity contribution in [2.24, 2.45) is 0 Å². The highest BCUT2D eigenvalue weighted by Gasteiger charge is 2.14. The van der Waals surface area contributed by atoms with Crippen molar-refractivity contribution in [3.8, 4) is 11.4 Å². The second-order valence-electron chi connectivity index (χ2n) is 5.27. The van der Waals surface area contributed by atoms with E-state index in [-0.39, 0.29) is 5.69 Å². The van der Waals surface area contributed by atoms with Gasteiger partial charge in [0, 0.05) is 24.2 Å². The summed E-state index contributed by atoms with van der Waals surface area (Å²) >= 11 is 0. The van der Waals surface area contributed by atoms with Crippen LogP contribution in [0, 0.1) is 6.92 Å². The molecule has 3 rings (SSSR count). The van der Waals surface area contributed by atoms with E-state index in [9.17, 15) is 4.79 Å². The summed E-state index contributed by atoms with van der Waals surface area (Å²) in [7, 11) is 0. The van der Waals surface area contributed by atoms with Crippen LogP contribution in [-0.4, -0.2) is 27.6 Å². The zero-order valence-electron chi connectivity index (χ0n) is 13.7. The molecule has 0 saturated heterocycles. The van der Waals surface area contributed by atoms with Gasteiger partial charge in [0.25, 0.3) is 5.91 Å². The summed E-state index contributed by atoms with van der Waals surface area (Å²) in [6.07, 6.45) is 1.71. The second kappa shape index (κ2) is 7.39. The number of benzene rings is 1. The summed E-state index contributed by atoms with van der Waals surface area (Å²) in [5.41, 5.74) is 1.04. The van der Waals surface area contributed by atoms with E-state index in [1.807, 2.05) is 30.3 Å². The van der Waals surface area contributed by atoms with E-state index in [0.717, 1.165) is 5.56 Å². The Labute approximate surface area is 144 Å². The molecule has 2 N–H and O–H groups in total. The highest BCUT2D eigenvalue weighted by Crippen LogP contribution is 2.18. The molecule has 0 aliphatic carbocycles. The first-order valence-corrected chi connectivity index (χ1v) is 7.69. The largest absolute Gasteiger partial charge is 0.366 e. The average Bonchev–Trinajstić information content (AvgIpc) is 3.05. The maximum Gasteiger partial charge on any atom is 0.275 e. The fraction of sp³-hybridized carbons (Fsp3) is 0.111. The highest BCUT2D eigenvalue weighted by molar-refractivity contribution is 6.03. The summed E-state index contributed by atoms with van der Waals surface area (Å²) < 4.78 is 4.95. The number of nitrogens with zero attached hydrogens (tertiary/aromatic N) is 3. The quantitative estimate of drug-likeness (QED) is 0.672. The van der Waals surface area contributed by atoms with E-state index in [2.05, 4.69) is 32.3 Å². The van der Waals surface area contributed by atoms with E-state index in [0.29, 0.717) is 29.8 Å². The van der Waals surface area contributed by atoms with Gasteiger partial charge in [-0.2, -0.15) is 0 Å². The molecule has 0 aliphatic rings. The van der Waals surface area contributed by atoms with Gasteiger partial charge in [0.15, 0.2) is 11.6 Å². The van der Waals surface area contributed by atoms with Crippen molar-refractivity contribution in [3.05, 3.63) is 66.6 Å². The van der Waals surface area contributed by atoms with Gasteiger partial charge in [0.05, 0.1) is 0 Å². The van der Waals surface area contributed by atoms with Crippen molar-refractivity contribution in [1.29, 1.82) is 0 Å². The van der Waals surface area contributed by atoms with E-state index < -0.39 is 5.91 Å². The molecule has 1 aromatic carbocycles. The molecule has 0 aliphatic heterocycles. The van der Waals surface area contributed by atoms with Gasteiger partial charge in [-0.1, -0.05) is 41.6 Å². The van der Waals surface area contributed by atoms with Gasteiger partial charge >= 0.3 is 0 Å². The van der Waals surface area contributed by atoms with Crippen LogP contribution in [0.25, 0.3) is 11.4 Å². The van der Waals surface area contributed by atoms with E-state index in [1.54, 1.807) is 25.1 Å². The Hall–Kier alpha value is -3.48. The number of aromatic nitrogens is 3. The molecule has 2 aromatic heterocycles. The molecule has 7 heteroatoms. The summed E-state index contributed by atoms with van der Waals surface area (Å²) in [4.78, 5) is 21.3. The molecule has 7 nitrogen and oxygen atoms in total. The van der Waals surface area contributed by atoms with Crippen molar-refractivity contribution in [2.45, 2.75) is 6.92 Å². The maximum absolute atomic E-state index is 12.5. The topological polar surface area (TPSA) is 92.9 Å². The second-order valence-corrected chi connectivity index (χ2v) is 5.27. The van der Waals surface area contributed by atoms with Crippen LogP contribution in [-0.2, 0) is 0 Å². The standard InChI is InChI=1S/C18H17N5O2/c1-3-9-19-15-11-14(18(24)22-16-10-12(2)25-23-16)20-17(21-15)13-7-5-4-6-8-13/h3-8,10-11H,1,9H2,2H3,(H,19,20,21)(H,22,23,24). The third kappa shape index (κ3) is 4.08. The van der Waals surface area contributed by atoms with E-state index >= 15 is 0 Å². The lowest BCUT2D eigenvalue weighted by Crippen LogP contribution is -2.16. The molecule has 0 spiro atoms. The maximum atomic E-state index is 12.5. The van der Waals surface area contributed by atoms with Gasteiger partial charge in [-0.15, -0.1) is 6.58 Å². The molecular weight excluding hydrogens is 318 g/mol. The zero-order chi connectivity index (χ0) is 17.6. The Morgan fingerprint density at radius 3 is 2.68 bits per heavy atom. The van der Waals surface area contributed by atoms with Crippen molar-refractivity contribution in [1.82, 2.24) is 15.1 Å². The first-order valence-electron chi connectivity index (χ1n) is 7.69. The molecule has 2 heterocycles. The molecule has 1 amide bonds. The summed E-state index contributed by atoms with van der Waals surface area (Å²) in [5, 5.41) is 9.50. The van der Waals surface area contributed by atoms with Crippen molar-refractivity contribution in [2.75, 3.05) is 17.2 Å². The van der Waals surface area contributed by atoms with Gasteiger partial charge in [0.2, 0.25) is 0 Å². The van der Waals surface area contributed by atoms with Crippen LogP contribution >= 0.6 is 0 Å². The van der Waals surface area contributed by atoms with Gasteiger partial charge in [-0.25, -0.2) is 9.97 Å². The lowest BCUT2D eigenvalue weighted by atomic mass is 10.2. The van der Waals surface area contributed by atoms with Gasteiger partial charge in [-0.05, 0) is 6.92 Å². The summed E-state index contributed by atoms with van der Waals surface area (Å²) in [5.74, 6) is 1.54. The predicted molar refractivity (Wildman–Crippen MR) is 95.3 cm³/mol. The molecule has 126 valence electrons. The first-order chi connectivity index (χ1) is 12.2. The van der Waals surface area contributed by atoms with Crippen molar-refractivity contribution in [3.63, 3.8) is 0 Å². The third-order valence-electron chi connectivity index (χ3n) is 3.29. The number of carbonyl (C=O) groups is 1. The Bertz CT molecular complexity index is 889. The summed E-state index contributed by atoms with van der Waals surface area (Å²) in [6.45, 7) is 5.94. The third-order valence-corrected chi connectivity index (χ3v) is 3.29. The number of carbonyl (C=O) groups excluding carboxylic acids is 1. The predicted octanol–water partition coefficient (Wildman–Crippen LogP) is 3.29. The Kier molecular flexibility index (Phi) is 4.84. The van der Waals surface area contributed by atoms with Crippen LogP contribution in [0.2, 0.25) is 0 Å². The van der Waals surface area contributed by atoms with Crippen molar-refractivity contribution < 1.29 is 9.32 Å². The average molecular weight is 335 g/mol. The van der Waals surface area contributed by atoms with Gasteiger partial charge < -0.3 is 15.2 Å². The Morgan fingerprint density at radius 2 is 2.00 bits per heavy atom. The van der Waals surface area contributed by atoms with Crippen LogP contribution in [0.4, 0.5) is 11.6 Å². The highest BCUT2D eigenvalue weighted by atomic mass is 16.5. The first kappa shape index (κ1) is 16.4. The smallest absolute Gasteiger partial charge is 0.275 e. The van der Waals surface area contributed by atoms with Crippen LogP contribution in [0.3, 0.4) is 0 Å². The molecule has 0 saturated carbocycles. The minimum absolute atomic E-state index is 0.223. The number of amides is 1. The molecule has 25 heavy (non-hydrogen) atoms. The lowest BCUT2D eigenvalue weighted by molar-refractivity contribution is 0.102. The Morgan fingerprint density at radius 1 is 1.20 bits per heavy atom. The summed E-state index contributed by atoms with van der Waals surface area (Å²) in [6, 6.07) is 12.7. The molecule has 0 radical (unpaired) electrons. The number of hydrogen-bond donors (Lipinski definition) is 2. The normalized spacial score (nSPS) is 10.3. The van der Waals surface area contributed by atoms with Crippen LogP contribution in [0.1, 0.15) is 16.2 Å². The van der Waals surface area contributed by atoms with Crippen LogP contribution in [0.5, 0.6) is 0 Å². The molecule has 0 unspecified atom stereocenters. The molecule has 0 atom stereocenters. The van der Waals surface area contributed by atoms with Crippen LogP contribution in [0.15, 0.2) is 59.6 Å². The lowest BCUT2D eigenvalue weighted by Gasteiger charge is -2.09. The molecule has 0 fully saturated rings. The Balaban J connectivity index is 1.93. The number of rotatable bonds is 6. The van der Waals surface area contributed by atoms with Gasteiger partial charge in [-0.3, -0.25) is 4.79 Å². The van der Waals surface area contributed by atoms with E-state index in [4.69, 9.17) is 4.52 Å². The SMILES string of the molecule is C=CCNc1cc(C(=O)Nc2cc(C)on2)nc(-c2ccccc2)n1. The minimum atomic E-state index is -0.394. The minimum Gasteiger partial charge on any atom is -0.366 e. The van der Waals surface area contributed by atoms with Crippen molar-refractivity contribution >= 4 is 17.5 Å². The fourth-order valence-electron chi connectivity index (χ4n) is 2.15. The number of anilines is 2. The van der Waals surface area contributed by atoms with Gasteiger partial charge in [0.1, 0.15) is 17.3 Å². The monoisotopic (exact) mass is 335 g/mol. The fourth-order valence-corrected chi connectivity index (χ4v) is 2.15. The molecule has 3 aromatic rings. The number of aryl methyl sites for hydroxylation is 1. The molecular formula is C18H17N5O2. The van der Waals surface area contributed by atoms with E-state index in [1.165, 1.54) is 0 Å².